The van der Waals surface area contributed by atoms with E-state index in [4.69, 9.17) is 0 Å². The molecule has 1 aromatic heterocycles. The van der Waals surface area contributed by atoms with Crippen LogP contribution in [0.2, 0.25) is 0 Å². The highest BCUT2D eigenvalue weighted by atomic mass is 79.9. The zero-order valence-electron chi connectivity index (χ0n) is 12.4. The molecule has 1 fully saturated rings. The lowest BCUT2D eigenvalue weighted by Gasteiger charge is -2.23. The number of hydrogen-bond donors (Lipinski definition) is 1. The second kappa shape index (κ2) is 7.70. The molecule has 2 unspecified atom stereocenters. The number of pyridine rings is 1. The molecular formula is C15H23BrN2O2S. The van der Waals surface area contributed by atoms with E-state index in [1.54, 1.807) is 6.20 Å². The molecule has 2 heterocycles. The Kier molecular flexibility index (Phi) is 6.20. The van der Waals surface area contributed by atoms with Gasteiger partial charge in [-0.15, -0.1) is 0 Å². The molecule has 4 nitrogen and oxygen atoms in total. The number of hydrogen-bond acceptors (Lipinski definition) is 4. The van der Waals surface area contributed by atoms with E-state index in [2.05, 4.69) is 39.2 Å². The van der Waals surface area contributed by atoms with Gasteiger partial charge in [0.15, 0.2) is 9.84 Å². The van der Waals surface area contributed by atoms with Gasteiger partial charge in [-0.2, -0.15) is 0 Å². The van der Waals surface area contributed by atoms with Crippen LogP contribution in [0.5, 0.6) is 0 Å². The molecule has 6 heteroatoms. The molecular weight excluding hydrogens is 352 g/mol. The fraction of sp³-hybridized carbons (Fsp3) is 0.667. The van der Waals surface area contributed by atoms with Gasteiger partial charge in [-0.1, -0.05) is 6.92 Å². The molecule has 21 heavy (non-hydrogen) atoms. The summed E-state index contributed by atoms with van der Waals surface area (Å²) in [5.74, 6) is 1.30. The number of rotatable bonds is 7. The van der Waals surface area contributed by atoms with Crippen LogP contribution in [0.4, 0.5) is 0 Å². The van der Waals surface area contributed by atoms with Crippen LogP contribution < -0.4 is 5.32 Å². The predicted octanol–water partition coefficient (Wildman–Crippen LogP) is 2.44. The summed E-state index contributed by atoms with van der Waals surface area (Å²) in [5, 5.41) is 3.45. The van der Waals surface area contributed by atoms with Crippen molar-refractivity contribution in [2.45, 2.75) is 26.2 Å². The third kappa shape index (κ3) is 5.34. The van der Waals surface area contributed by atoms with Crippen molar-refractivity contribution in [3.05, 3.63) is 28.5 Å². The van der Waals surface area contributed by atoms with E-state index in [9.17, 15) is 8.42 Å². The molecule has 0 saturated carbocycles. The average molecular weight is 375 g/mol. The van der Waals surface area contributed by atoms with Crippen molar-refractivity contribution in [2.24, 2.45) is 11.8 Å². The van der Waals surface area contributed by atoms with Crippen LogP contribution in [0.1, 0.15) is 25.3 Å². The standard InChI is InChI=1S/C15H23BrN2O2S/c1-2-4-17-9-14(13-3-5-21(19,20)11-13)6-12-7-15(16)10-18-8-12/h7-8,10,13-14,17H,2-6,9,11H2,1H3. The molecule has 2 rings (SSSR count). The fourth-order valence-electron chi connectivity index (χ4n) is 2.94. The van der Waals surface area contributed by atoms with Gasteiger partial charge in [0.1, 0.15) is 0 Å². The third-order valence-corrected chi connectivity index (χ3v) is 6.25. The molecule has 0 spiro atoms. The average Bonchev–Trinajstić information content (AvgIpc) is 2.78. The van der Waals surface area contributed by atoms with Gasteiger partial charge in [0, 0.05) is 16.9 Å². The van der Waals surface area contributed by atoms with E-state index in [-0.39, 0.29) is 5.92 Å². The Morgan fingerprint density at radius 1 is 1.48 bits per heavy atom. The summed E-state index contributed by atoms with van der Waals surface area (Å²) in [7, 11) is -2.82. The molecule has 0 aliphatic carbocycles. The Balaban J connectivity index is 2.05. The summed E-state index contributed by atoms with van der Waals surface area (Å²) >= 11 is 3.44. The lowest BCUT2D eigenvalue weighted by molar-refractivity contribution is 0.343. The highest BCUT2D eigenvalue weighted by molar-refractivity contribution is 9.10. The molecule has 1 aromatic rings. The molecule has 0 radical (unpaired) electrons. The van der Waals surface area contributed by atoms with Crippen LogP contribution >= 0.6 is 15.9 Å². The lowest BCUT2D eigenvalue weighted by Crippen LogP contribution is -2.31. The normalized spacial score (nSPS) is 22.3. The number of aromatic nitrogens is 1. The van der Waals surface area contributed by atoms with Crippen LogP contribution in [-0.2, 0) is 16.3 Å². The summed E-state index contributed by atoms with van der Waals surface area (Å²) in [6, 6.07) is 2.07. The Morgan fingerprint density at radius 2 is 2.29 bits per heavy atom. The van der Waals surface area contributed by atoms with Crippen molar-refractivity contribution in [2.75, 3.05) is 24.6 Å². The van der Waals surface area contributed by atoms with Crippen LogP contribution in [0.25, 0.3) is 0 Å². The largest absolute Gasteiger partial charge is 0.316 e. The van der Waals surface area contributed by atoms with Crippen LogP contribution in [0, 0.1) is 11.8 Å². The van der Waals surface area contributed by atoms with Crippen molar-refractivity contribution in [3.8, 4) is 0 Å². The van der Waals surface area contributed by atoms with Crippen molar-refractivity contribution in [1.82, 2.24) is 10.3 Å². The molecule has 1 aliphatic rings. The van der Waals surface area contributed by atoms with Crippen LogP contribution in [0.15, 0.2) is 22.9 Å². The maximum atomic E-state index is 11.7. The highest BCUT2D eigenvalue weighted by Crippen LogP contribution is 2.28. The zero-order valence-corrected chi connectivity index (χ0v) is 14.8. The summed E-state index contributed by atoms with van der Waals surface area (Å²) in [6.07, 6.45) is 6.41. The van der Waals surface area contributed by atoms with Crippen LogP contribution in [0.3, 0.4) is 0 Å². The van der Waals surface area contributed by atoms with Crippen molar-refractivity contribution < 1.29 is 8.42 Å². The first-order chi connectivity index (χ1) is 10.00. The molecule has 0 amide bonds. The molecule has 1 N–H and O–H groups in total. The Hall–Kier alpha value is -0.460. The van der Waals surface area contributed by atoms with Gasteiger partial charge in [-0.3, -0.25) is 4.98 Å². The molecule has 2 atom stereocenters. The minimum atomic E-state index is -2.82. The van der Waals surface area contributed by atoms with Gasteiger partial charge in [-0.25, -0.2) is 8.42 Å². The van der Waals surface area contributed by atoms with Crippen LogP contribution in [-0.4, -0.2) is 38.0 Å². The van der Waals surface area contributed by atoms with Gasteiger partial charge in [-0.05, 0) is 71.7 Å². The van der Waals surface area contributed by atoms with Gasteiger partial charge >= 0.3 is 0 Å². The zero-order chi connectivity index (χ0) is 15.3. The number of halogens is 1. The Bertz CT molecular complexity index is 563. The summed E-state index contributed by atoms with van der Waals surface area (Å²) in [4.78, 5) is 4.20. The first kappa shape index (κ1) is 16.9. The van der Waals surface area contributed by atoms with Gasteiger partial charge in [0.2, 0.25) is 0 Å². The smallest absolute Gasteiger partial charge is 0.150 e. The first-order valence-electron chi connectivity index (χ1n) is 7.50. The third-order valence-electron chi connectivity index (χ3n) is 4.03. The second-order valence-corrected chi connectivity index (χ2v) is 8.99. The second-order valence-electron chi connectivity index (χ2n) is 5.84. The summed E-state index contributed by atoms with van der Waals surface area (Å²) < 4.78 is 24.5. The molecule has 1 aliphatic heterocycles. The quantitative estimate of drug-likeness (QED) is 0.744. The van der Waals surface area contributed by atoms with Gasteiger partial charge < -0.3 is 5.32 Å². The lowest BCUT2D eigenvalue weighted by atomic mass is 9.86. The van der Waals surface area contributed by atoms with E-state index < -0.39 is 9.84 Å². The SMILES string of the molecule is CCCNCC(Cc1cncc(Br)c1)C1CCS(=O)(=O)C1. The summed E-state index contributed by atoms with van der Waals surface area (Å²) in [6.45, 7) is 3.99. The fourth-order valence-corrected chi connectivity index (χ4v) is 5.27. The van der Waals surface area contributed by atoms with Gasteiger partial charge in [0.25, 0.3) is 0 Å². The summed E-state index contributed by atoms with van der Waals surface area (Å²) in [5.41, 5.74) is 1.16. The maximum Gasteiger partial charge on any atom is 0.150 e. The Morgan fingerprint density at radius 3 is 2.90 bits per heavy atom. The monoisotopic (exact) mass is 374 g/mol. The number of sulfone groups is 1. The topological polar surface area (TPSA) is 59.1 Å². The van der Waals surface area contributed by atoms with Crippen molar-refractivity contribution in [3.63, 3.8) is 0 Å². The van der Waals surface area contributed by atoms with E-state index in [1.807, 2.05) is 6.20 Å². The number of nitrogens with zero attached hydrogens (tertiary/aromatic N) is 1. The number of nitrogens with one attached hydrogen (secondary N) is 1. The van der Waals surface area contributed by atoms with E-state index in [1.165, 1.54) is 0 Å². The predicted molar refractivity (Wildman–Crippen MR) is 89.1 cm³/mol. The highest BCUT2D eigenvalue weighted by Gasteiger charge is 2.33. The Labute approximate surface area is 135 Å². The van der Waals surface area contributed by atoms with Crippen molar-refractivity contribution >= 4 is 25.8 Å². The van der Waals surface area contributed by atoms with E-state index >= 15 is 0 Å². The minimum Gasteiger partial charge on any atom is -0.316 e. The minimum absolute atomic E-state index is 0.262. The molecule has 0 aromatic carbocycles. The van der Waals surface area contributed by atoms with Gasteiger partial charge in [0.05, 0.1) is 11.5 Å². The van der Waals surface area contributed by atoms with E-state index in [0.717, 1.165) is 42.4 Å². The molecule has 1 saturated heterocycles. The molecule has 0 bridgehead atoms. The molecule has 118 valence electrons. The first-order valence-corrected chi connectivity index (χ1v) is 10.1. The van der Waals surface area contributed by atoms with Crippen molar-refractivity contribution in [1.29, 1.82) is 0 Å². The maximum absolute atomic E-state index is 11.7. The van der Waals surface area contributed by atoms with E-state index in [0.29, 0.717) is 17.4 Å².